The van der Waals surface area contributed by atoms with Crippen molar-refractivity contribution in [1.82, 2.24) is 29.2 Å². The number of pyridine rings is 1. The summed E-state index contributed by atoms with van der Waals surface area (Å²) < 4.78 is 7.57. The van der Waals surface area contributed by atoms with Crippen LogP contribution in [-0.4, -0.2) is 93.1 Å². The van der Waals surface area contributed by atoms with Gasteiger partial charge in [0.05, 0.1) is 29.5 Å². The number of halogens is 1. The van der Waals surface area contributed by atoms with Crippen molar-refractivity contribution in [3.05, 3.63) is 47.5 Å². The van der Waals surface area contributed by atoms with E-state index in [-0.39, 0.29) is 17.9 Å². The van der Waals surface area contributed by atoms with E-state index in [1.54, 1.807) is 11.1 Å². The third kappa shape index (κ3) is 5.91. The summed E-state index contributed by atoms with van der Waals surface area (Å²) >= 11 is 6.53. The van der Waals surface area contributed by atoms with E-state index < -0.39 is 11.1 Å². The minimum Gasteiger partial charge on any atom is -0.444 e. The first-order chi connectivity index (χ1) is 19.3. The van der Waals surface area contributed by atoms with Gasteiger partial charge in [0.15, 0.2) is 5.82 Å². The molecular weight excluding hydrogens is 544 g/mol. The summed E-state index contributed by atoms with van der Waals surface area (Å²) in [6.07, 6.45) is 5.89. The molecule has 2 fully saturated rings. The number of imidazole rings is 1. The van der Waals surface area contributed by atoms with Gasteiger partial charge in [-0.3, -0.25) is 4.79 Å². The molecule has 12 heteroatoms. The Morgan fingerprint density at radius 1 is 1.00 bits per heavy atom. The molecule has 41 heavy (non-hydrogen) atoms. The van der Waals surface area contributed by atoms with Crippen molar-refractivity contribution < 1.29 is 14.3 Å². The Bertz CT molecular complexity index is 1430. The lowest BCUT2D eigenvalue weighted by Crippen LogP contribution is -2.57. The maximum atomic E-state index is 13.5. The fraction of sp³-hybridized carbons (Fsp3) is 0.552. The molecule has 2 aliphatic heterocycles. The monoisotopic (exact) mass is 582 g/mol. The Morgan fingerprint density at radius 2 is 1.76 bits per heavy atom. The van der Waals surface area contributed by atoms with E-state index >= 15 is 0 Å². The number of rotatable bonds is 5. The summed E-state index contributed by atoms with van der Waals surface area (Å²) in [6, 6.07) is 5.86. The van der Waals surface area contributed by atoms with Gasteiger partial charge < -0.3 is 28.7 Å². The molecule has 220 valence electrons. The van der Waals surface area contributed by atoms with Crippen molar-refractivity contribution in [2.75, 3.05) is 56.1 Å². The van der Waals surface area contributed by atoms with E-state index in [1.807, 2.05) is 86.5 Å². The standard InChI is InChI=1S/C29H39ClN8O3/c1-28(2,3)41-27(40)36-12-9-11-35(14-15-36)26-32-16-21(30)24(33-26)37-18-20(19-37)25(39)34(6)29(4,5)22-17-31-23-10-7-8-13-38(22)23/h7-8,10,13,16-17,20H,9,11-12,14-15,18-19H2,1-6H3. The second kappa shape index (κ2) is 11.0. The summed E-state index contributed by atoms with van der Waals surface area (Å²) in [5, 5.41) is 0.448. The summed E-state index contributed by atoms with van der Waals surface area (Å²) in [4.78, 5) is 47.5. The van der Waals surface area contributed by atoms with Crippen molar-refractivity contribution in [1.29, 1.82) is 0 Å². The van der Waals surface area contributed by atoms with Crippen LogP contribution in [0.4, 0.5) is 16.6 Å². The van der Waals surface area contributed by atoms with E-state index in [4.69, 9.17) is 21.3 Å². The number of nitrogens with zero attached hydrogens (tertiary/aromatic N) is 8. The van der Waals surface area contributed by atoms with Gasteiger partial charge in [0.2, 0.25) is 11.9 Å². The first-order valence-electron chi connectivity index (χ1n) is 14.1. The van der Waals surface area contributed by atoms with Crippen LogP contribution in [0.25, 0.3) is 5.65 Å². The van der Waals surface area contributed by atoms with Crippen LogP contribution >= 0.6 is 11.6 Å². The Hall–Kier alpha value is -3.60. The second-order valence-electron chi connectivity index (χ2n) is 12.3. The van der Waals surface area contributed by atoms with Gasteiger partial charge in [-0.2, -0.15) is 4.98 Å². The minimum absolute atomic E-state index is 0.0669. The Balaban J connectivity index is 1.22. The van der Waals surface area contributed by atoms with Gasteiger partial charge in [-0.05, 0) is 53.2 Å². The molecule has 0 aliphatic carbocycles. The van der Waals surface area contributed by atoms with Crippen molar-refractivity contribution in [2.24, 2.45) is 5.92 Å². The molecule has 2 amide bonds. The molecule has 5 rings (SSSR count). The van der Waals surface area contributed by atoms with E-state index in [2.05, 4.69) is 14.9 Å². The van der Waals surface area contributed by atoms with Crippen LogP contribution in [0.1, 0.15) is 46.7 Å². The molecule has 3 aromatic rings. The molecule has 5 heterocycles. The number of anilines is 2. The molecule has 0 spiro atoms. The molecule has 0 radical (unpaired) electrons. The number of fused-ring (bicyclic) bond motifs is 1. The van der Waals surface area contributed by atoms with Crippen LogP contribution in [-0.2, 0) is 15.1 Å². The third-order valence-corrected chi connectivity index (χ3v) is 8.15. The number of carbonyl (C=O) groups excluding carboxylic acids is 2. The first-order valence-corrected chi connectivity index (χ1v) is 14.4. The lowest BCUT2D eigenvalue weighted by atomic mass is 9.93. The largest absolute Gasteiger partial charge is 0.444 e. The highest BCUT2D eigenvalue weighted by atomic mass is 35.5. The highest BCUT2D eigenvalue weighted by Gasteiger charge is 2.41. The molecule has 0 aromatic carbocycles. The summed E-state index contributed by atoms with van der Waals surface area (Å²) in [5.41, 5.74) is 0.707. The first kappa shape index (κ1) is 28.9. The maximum Gasteiger partial charge on any atom is 0.410 e. The molecular formula is C29H39ClN8O3. The molecule has 11 nitrogen and oxygen atoms in total. The second-order valence-corrected chi connectivity index (χ2v) is 12.7. The molecule has 0 unspecified atom stereocenters. The number of amides is 2. The summed E-state index contributed by atoms with van der Waals surface area (Å²) in [7, 11) is 1.85. The predicted molar refractivity (Wildman–Crippen MR) is 158 cm³/mol. The minimum atomic E-state index is -0.558. The zero-order chi connectivity index (χ0) is 29.5. The van der Waals surface area contributed by atoms with Crippen LogP contribution in [0.2, 0.25) is 5.02 Å². The zero-order valence-electron chi connectivity index (χ0n) is 24.7. The fourth-order valence-corrected chi connectivity index (χ4v) is 5.47. The van der Waals surface area contributed by atoms with E-state index in [9.17, 15) is 9.59 Å². The number of aromatic nitrogens is 4. The third-order valence-electron chi connectivity index (χ3n) is 7.89. The Labute approximate surface area is 246 Å². The molecule has 0 atom stereocenters. The van der Waals surface area contributed by atoms with Gasteiger partial charge in [-0.1, -0.05) is 17.7 Å². The Kier molecular flexibility index (Phi) is 7.76. The number of carbonyl (C=O) groups is 2. The average molecular weight is 583 g/mol. The molecule has 0 saturated carbocycles. The summed E-state index contributed by atoms with van der Waals surface area (Å²) in [5.74, 6) is 1.08. The smallest absolute Gasteiger partial charge is 0.410 e. The van der Waals surface area contributed by atoms with Crippen LogP contribution in [0.3, 0.4) is 0 Å². The Morgan fingerprint density at radius 3 is 2.49 bits per heavy atom. The van der Waals surface area contributed by atoms with Crippen molar-refractivity contribution >= 4 is 41.0 Å². The molecule has 2 aliphatic rings. The summed E-state index contributed by atoms with van der Waals surface area (Å²) in [6.45, 7) is 13.2. The molecule has 3 aromatic heterocycles. The predicted octanol–water partition coefficient (Wildman–Crippen LogP) is 4.05. The lowest BCUT2D eigenvalue weighted by Gasteiger charge is -2.44. The number of ether oxygens (including phenoxy) is 1. The van der Waals surface area contributed by atoms with Crippen molar-refractivity contribution in [3.8, 4) is 0 Å². The van der Waals surface area contributed by atoms with Crippen LogP contribution in [0.15, 0.2) is 36.8 Å². The van der Waals surface area contributed by atoms with Crippen molar-refractivity contribution in [2.45, 2.75) is 52.2 Å². The van der Waals surface area contributed by atoms with Gasteiger partial charge in [0.1, 0.15) is 16.3 Å². The van der Waals surface area contributed by atoms with Gasteiger partial charge >= 0.3 is 6.09 Å². The molecule has 0 N–H and O–H groups in total. The van der Waals surface area contributed by atoms with E-state index in [0.717, 1.165) is 17.8 Å². The zero-order valence-corrected chi connectivity index (χ0v) is 25.4. The van der Waals surface area contributed by atoms with Gasteiger partial charge in [0.25, 0.3) is 0 Å². The lowest BCUT2D eigenvalue weighted by molar-refractivity contribution is -0.140. The van der Waals surface area contributed by atoms with Gasteiger partial charge in [-0.25, -0.2) is 14.8 Å². The van der Waals surface area contributed by atoms with Crippen molar-refractivity contribution in [3.63, 3.8) is 0 Å². The molecule has 0 bridgehead atoms. The number of hydrogen-bond acceptors (Lipinski definition) is 8. The van der Waals surface area contributed by atoms with Gasteiger partial charge in [0, 0.05) is 52.5 Å². The quantitative estimate of drug-likeness (QED) is 0.444. The number of hydrogen-bond donors (Lipinski definition) is 0. The maximum absolute atomic E-state index is 13.5. The van der Waals surface area contributed by atoms with E-state index in [0.29, 0.717) is 56.1 Å². The molecule has 2 saturated heterocycles. The fourth-order valence-electron chi connectivity index (χ4n) is 5.26. The highest BCUT2D eigenvalue weighted by Crippen LogP contribution is 2.34. The highest BCUT2D eigenvalue weighted by molar-refractivity contribution is 6.32. The van der Waals surface area contributed by atoms with Crippen LogP contribution < -0.4 is 9.80 Å². The average Bonchev–Trinajstić information content (AvgIpc) is 3.17. The van der Waals surface area contributed by atoms with E-state index in [1.165, 1.54) is 0 Å². The van der Waals surface area contributed by atoms with Gasteiger partial charge in [-0.15, -0.1) is 0 Å². The van der Waals surface area contributed by atoms with Crippen LogP contribution in [0, 0.1) is 5.92 Å². The normalized spacial score (nSPS) is 16.9. The SMILES string of the molecule is CN(C(=O)C1CN(c2nc(N3CCCN(C(=O)OC(C)(C)C)CC3)ncc2Cl)C1)C(C)(C)c1cnc2ccccn12. The topological polar surface area (TPSA) is 99.4 Å². The van der Waals surface area contributed by atoms with Crippen LogP contribution in [0.5, 0.6) is 0 Å².